The molecule has 0 aliphatic carbocycles. The Labute approximate surface area is 166 Å². The number of carbonyl (C=O) groups is 2. The van der Waals surface area contributed by atoms with E-state index in [2.05, 4.69) is 15.6 Å². The smallest absolute Gasteiger partial charge is 0.322 e. The van der Waals surface area contributed by atoms with Crippen molar-refractivity contribution < 1.29 is 18.7 Å². The molecular weight excluding hydrogens is 377 g/mol. The molecule has 0 bridgehead atoms. The van der Waals surface area contributed by atoms with E-state index in [0.29, 0.717) is 55.0 Å². The Morgan fingerprint density at radius 1 is 1.38 bits per heavy atom. The van der Waals surface area contributed by atoms with E-state index in [0.717, 1.165) is 0 Å². The zero-order chi connectivity index (χ0) is 20.4. The van der Waals surface area contributed by atoms with Crippen LogP contribution in [0.5, 0.6) is 5.88 Å². The maximum absolute atomic E-state index is 14.7. The summed E-state index contributed by atoms with van der Waals surface area (Å²) in [7, 11) is 0. The number of urea groups is 1. The molecule has 1 aromatic carbocycles. The molecule has 1 aromatic heterocycles. The molecule has 8 nitrogen and oxygen atoms in total. The number of nitrogens with zero attached hydrogens (tertiary/aromatic N) is 3. The molecule has 29 heavy (non-hydrogen) atoms. The van der Waals surface area contributed by atoms with Crippen molar-refractivity contribution in [1.82, 2.24) is 15.2 Å². The van der Waals surface area contributed by atoms with Crippen molar-refractivity contribution in [3.8, 4) is 11.9 Å². The summed E-state index contributed by atoms with van der Waals surface area (Å²) in [5, 5.41) is 14.1. The zero-order valence-electron chi connectivity index (χ0n) is 15.4. The normalized spacial score (nSPS) is 17.9. The molecule has 2 aliphatic heterocycles. The number of fused-ring (bicyclic) bond motifs is 1. The average Bonchev–Trinajstić information content (AvgIpc) is 3.20. The summed E-state index contributed by atoms with van der Waals surface area (Å²) in [4.78, 5) is 29.9. The number of benzene rings is 1. The third-order valence-electron chi connectivity index (χ3n) is 4.98. The van der Waals surface area contributed by atoms with E-state index in [4.69, 9.17) is 10.00 Å². The Hall–Kier alpha value is -3.67. The van der Waals surface area contributed by atoms with E-state index in [9.17, 15) is 14.0 Å². The van der Waals surface area contributed by atoms with Crippen LogP contribution in [0.15, 0.2) is 30.5 Å². The summed E-state index contributed by atoms with van der Waals surface area (Å²) in [5.74, 6) is -0.492. The largest absolute Gasteiger partial charge is 0.472 e. The summed E-state index contributed by atoms with van der Waals surface area (Å²) in [6, 6.07) is 7.71. The van der Waals surface area contributed by atoms with Gasteiger partial charge in [-0.3, -0.25) is 4.79 Å². The van der Waals surface area contributed by atoms with Gasteiger partial charge in [-0.2, -0.15) is 5.26 Å². The van der Waals surface area contributed by atoms with Crippen LogP contribution in [-0.2, 0) is 6.42 Å². The minimum Gasteiger partial charge on any atom is -0.472 e. The SMILES string of the molecule is N#Cc1ccc(OC2CCN(C(=O)Nc3ccc4c(c3F)CCNC4=O)C2)nc1. The minimum absolute atomic E-state index is 0.0570. The number of pyridine rings is 1. The number of anilines is 1. The average molecular weight is 395 g/mol. The van der Waals surface area contributed by atoms with Crippen molar-refractivity contribution >= 4 is 17.6 Å². The van der Waals surface area contributed by atoms with Gasteiger partial charge in [0.25, 0.3) is 5.91 Å². The van der Waals surface area contributed by atoms with Crippen molar-refractivity contribution in [2.45, 2.75) is 18.9 Å². The van der Waals surface area contributed by atoms with E-state index in [-0.39, 0.29) is 17.7 Å². The molecule has 2 N–H and O–H groups in total. The highest BCUT2D eigenvalue weighted by Gasteiger charge is 2.29. The third kappa shape index (κ3) is 3.82. The lowest BCUT2D eigenvalue weighted by Crippen LogP contribution is -2.35. The van der Waals surface area contributed by atoms with Gasteiger partial charge in [-0.25, -0.2) is 14.2 Å². The second-order valence-corrected chi connectivity index (χ2v) is 6.86. The Kier molecular flexibility index (Phi) is 4.99. The Morgan fingerprint density at radius 2 is 2.24 bits per heavy atom. The second kappa shape index (κ2) is 7.75. The van der Waals surface area contributed by atoms with E-state index in [1.807, 2.05) is 6.07 Å². The summed E-state index contributed by atoms with van der Waals surface area (Å²) < 4.78 is 20.5. The number of ether oxygens (including phenoxy) is 1. The molecule has 0 radical (unpaired) electrons. The van der Waals surface area contributed by atoms with Crippen molar-refractivity contribution in [1.29, 1.82) is 5.26 Å². The molecule has 148 valence electrons. The lowest BCUT2D eigenvalue weighted by atomic mass is 9.99. The number of likely N-dealkylation sites (tertiary alicyclic amines) is 1. The van der Waals surface area contributed by atoms with E-state index in [1.54, 1.807) is 17.0 Å². The van der Waals surface area contributed by atoms with Crippen LogP contribution >= 0.6 is 0 Å². The number of nitriles is 1. The van der Waals surface area contributed by atoms with Gasteiger partial charge >= 0.3 is 6.03 Å². The quantitative estimate of drug-likeness (QED) is 0.827. The van der Waals surface area contributed by atoms with Gasteiger partial charge in [0.1, 0.15) is 12.2 Å². The lowest BCUT2D eigenvalue weighted by Gasteiger charge is -2.21. The van der Waals surface area contributed by atoms with Gasteiger partial charge in [0, 0.05) is 42.9 Å². The number of carbonyl (C=O) groups excluding carboxylic acids is 2. The van der Waals surface area contributed by atoms with Crippen LogP contribution in [0.3, 0.4) is 0 Å². The van der Waals surface area contributed by atoms with Crippen molar-refractivity contribution in [2.24, 2.45) is 0 Å². The van der Waals surface area contributed by atoms with Crippen LogP contribution in [0.4, 0.5) is 14.9 Å². The maximum Gasteiger partial charge on any atom is 0.322 e. The number of nitrogens with one attached hydrogen (secondary N) is 2. The van der Waals surface area contributed by atoms with Crippen LogP contribution < -0.4 is 15.4 Å². The molecule has 1 saturated heterocycles. The molecular formula is C20H18FN5O3. The van der Waals surface area contributed by atoms with Gasteiger partial charge in [-0.05, 0) is 24.6 Å². The number of halogens is 1. The first-order valence-corrected chi connectivity index (χ1v) is 9.23. The highest BCUT2D eigenvalue weighted by molar-refractivity contribution is 5.98. The van der Waals surface area contributed by atoms with Gasteiger partial charge in [0.2, 0.25) is 5.88 Å². The van der Waals surface area contributed by atoms with Crippen molar-refractivity contribution in [3.05, 3.63) is 53.0 Å². The first kappa shape index (κ1) is 18.7. The Bertz CT molecular complexity index is 1000. The summed E-state index contributed by atoms with van der Waals surface area (Å²) >= 11 is 0. The van der Waals surface area contributed by atoms with Crippen LogP contribution in [0.1, 0.15) is 27.9 Å². The number of aromatic nitrogens is 1. The number of amides is 3. The summed E-state index contributed by atoms with van der Waals surface area (Å²) in [6.07, 6.45) is 2.18. The zero-order valence-corrected chi connectivity index (χ0v) is 15.4. The lowest BCUT2D eigenvalue weighted by molar-refractivity contribution is 0.0945. The topological polar surface area (TPSA) is 107 Å². The number of hydrogen-bond donors (Lipinski definition) is 2. The molecule has 2 aromatic rings. The van der Waals surface area contributed by atoms with Crippen molar-refractivity contribution in [3.63, 3.8) is 0 Å². The predicted molar refractivity (Wildman–Crippen MR) is 101 cm³/mol. The van der Waals surface area contributed by atoms with Crippen LogP contribution in [0, 0.1) is 17.1 Å². The minimum atomic E-state index is -0.570. The predicted octanol–water partition coefficient (Wildman–Crippen LogP) is 2.06. The number of rotatable bonds is 3. The van der Waals surface area contributed by atoms with Crippen LogP contribution in [-0.4, -0.2) is 47.6 Å². The maximum atomic E-state index is 14.7. The molecule has 1 atom stereocenters. The molecule has 2 aliphatic rings. The fraction of sp³-hybridized carbons (Fsp3) is 0.300. The first-order valence-electron chi connectivity index (χ1n) is 9.23. The Balaban J connectivity index is 1.38. The monoisotopic (exact) mass is 395 g/mol. The summed E-state index contributed by atoms with van der Waals surface area (Å²) in [6.45, 7) is 1.17. The molecule has 3 amide bonds. The fourth-order valence-corrected chi connectivity index (χ4v) is 3.46. The summed E-state index contributed by atoms with van der Waals surface area (Å²) in [5.41, 5.74) is 1.12. The molecule has 0 saturated carbocycles. The van der Waals surface area contributed by atoms with Crippen LogP contribution in [0.2, 0.25) is 0 Å². The van der Waals surface area contributed by atoms with Gasteiger partial charge in [-0.15, -0.1) is 0 Å². The van der Waals surface area contributed by atoms with Gasteiger partial charge < -0.3 is 20.3 Å². The highest BCUT2D eigenvalue weighted by atomic mass is 19.1. The molecule has 1 unspecified atom stereocenters. The van der Waals surface area contributed by atoms with Crippen molar-refractivity contribution in [2.75, 3.05) is 25.0 Å². The highest BCUT2D eigenvalue weighted by Crippen LogP contribution is 2.25. The molecule has 3 heterocycles. The van der Waals surface area contributed by atoms with E-state index < -0.39 is 11.8 Å². The number of hydrogen-bond acceptors (Lipinski definition) is 5. The Morgan fingerprint density at radius 3 is 3.00 bits per heavy atom. The van der Waals surface area contributed by atoms with E-state index in [1.165, 1.54) is 18.3 Å². The third-order valence-corrected chi connectivity index (χ3v) is 4.98. The standard InChI is InChI=1S/C20H18FN5O3/c21-18-14-5-7-23-19(27)15(14)2-3-16(18)25-20(28)26-8-6-13(11-26)29-17-4-1-12(9-22)10-24-17/h1-4,10,13H,5-8,11H2,(H,23,27)(H,25,28). The molecule has 4 rings (SSSR count). The molecule has 1 fully saturated rings. The molecule has 0 spiro atoms. The second-order valence-electron chi connectivity index (χ2n) is 6.86. The first-order chi connectivity index (χ1) is 14.0. The van der Waals surface area contributed by atoms with Crippen LogP contribution in [0.25, 0.3) is 0 Å². The van der Waals surface area contributed by atoms with Gasteiger partial charge in [0.05, 0.1) is 17.8 Å². The van der Waals surface area contributed by atoms with Gasteiger partial charge in [-0.1, -0.05) is 0 Å². The molecule has 9 heteroatoms. The van der Waals surface area contributed by atoms with Gasteiger partial charge in [0.15, 0.2) is 5.82 Å². The fourth-order valence-electron chi connectivity index (χ4n) is 3.46. The van der Waals surface area contributed by atoms with E-state index >= 15 is 0 Å².